The minimum absolute atomic E-state index is 0.199. The minimum Gasteiger partial charge on any atom is -0.333 e. The predicted molar refractivity (Wildman–Crippen MR) is 128 cm³/mol. The van der Waals surface area contributed by atoms with Crippen molar-refractivity contribution in [2.24, 2.45) is 0 Å². The highest BCUT2D eigenvalue weighted by Gasteiger charge is 2.29. The SMILES string of the molecule is CCOP(CN(CCCOSc1ccc(S)cc1)CP(=O)(OCC)OCC)OCC. The van der Waals surface area contributed by atoms with Crippen LogP contribution in [0.25, 0.3) is 0 Å². The molecule has 0 atom stereocenters. The average Bonchev–Trinajstić information content (AvgIpc) is 2.69. The van der Waals surface area contributed by atoms with Gasteiger partial charge in [0.05, 0.1) is 39.3 Å². The Bertz CT molecular complexity index is 595. The quantitative estimate of drug-likeness (QED) is 0.110. The molecule has 1 aromatic rings. The Morgan fingerprint density at radius 1 is 1.00 bits per heavy atom. The van der Waals surface area contributed by atoms with Crippen LogP contribution in [0.1, 0.15) is 34.1 Å². The topological polar surface area (TPSA) is 66.5 Å². The van der Waals surface area contributed by atoms with Crippen LogP contribution in [0.15, 0.2) is 34.1 Å². The summed E-state index contributed by atoms with van der Waals surface area (Å²) >= 11 is 5.62. The van der Waals surface area contributed by atoms with E-state index in [0.717, 1.165) is 16.2 Å². The van der Waals surface area contributed by atoms with Gasteiger partial charge in [-0.25, -0.2) is 0 Å². The third kappa shape index (κ3) is 12.4. The molecule has 1 aromatic carbocycles. The molecule has 0 N–H and O–H groups in total. The van der Waals surface area contributed by atoms with Crippen LogP contribution < -0.4 is 0 Å². The first-order valence-corrected chi connectivity index (χ1v) is 14.5. The summed E-state index contributed by atoms with van der Waals surface area (Å²) in [5.41, 5.74) is 0. The summed E-state index contributed by atoms with van der Waals surface area (Å²) in [7, 11) is -4.30. The predicted octanol–water partition coefficient (Wildman–Crippen LogP) is 6.26. The van der Waals surface area contributed by atoms with Crippen LogP contribution in [-0.2, 0) is 26.8 Å². The van der Waals surface area contributed by atoms with Gasteiger partial charge in [0, 0.05) is 28.4 Å². The van der Waals surface area contributed by atoms with E-state index in [1.54, 1.807) is 0 Å². The van der Waals surface area contributed by atoms with Crippen molar-refractivity contribution in [1.29, 1.82) is 0 Å². The number of hydrogen-bond donors (Lipinski definition) is 1. The molecule has 0 heterocycles. The van der Waals surface area contributed by atoms with Crippen molar-refractivity contribution in [3.63, 3.8) is 0 Å². The molecular weight excluding hydrogens is 464 g/mol. The summed E-state index contributed by atoms with van der Waals surface area (Å²) in [6.07, 6.45) is 1.50. The number of thiol groups is 1. The summed E-state index contributed by atoms with van der Waals surface area (Å²) in [4.78, 5) is 3.98. The van der Waals surface area contributed by atoms with Crippen LogP contribution in [0, 0.1) is 0 Å². The second kappa shape index (κ2) is 16.9. The third-order valence-electron chi connectivity index (χ3n) is 3.58. The van der Waals surface area contributed by atoms with E-state index in [9.17, 15) is 4.57 Å². The maximum Gasteiger partial charge on any atom is 0.344 e. The molecule has 0 fully saturated rings. The van der Waals surface area contributed by atoms with Crippen LogP contribution in [0.4, 0.5) is 0 Å². The van der Waals surface area contributed by atoms with E-state index in [2.05, 4.69) is 12.6 Å². The largest absolute Gasteiger partial charge is 0.344 e. The zero-order valence-electron chi connectivity index (χ0n) is 18.3. The van der Waals surface area contributed by atoms with E-state index < -0.39 is 16.0 Å². The lowest BCUT2D eigenvalue weighted by atomic mass is 10.4. The van der Waals surface area contributed by atoms with Crippen LogP contribution >= 0.6 is 40.6 Å². The lowest BCUT2D eigenvalue weighted by Gasteiger charge is -2.29. The summed E-state index contributed by atoms with van der Waals surface area (Å²) < 4.78 is 41.1. The molecule has 0 bridgehead atoms. The Morgan fingerprint density at radius 3 is 2.13 bits per heavy atom. The van der Waals surface area contributed by atoms with E-state index in [4.69, 9.17) is 22.3 Å². The molecule has 0 saturated heterocycles. The van der Waals surface area contributed by atoms with E-state index in [0.29, 0.717) is 45.9 Å². The van der Waals surface area contributed by atoms with Crippen molar-refractivity contribution in [3.8, 4) is 0 Å². The fourth-order valence-corrected chi connectivity index (χ4v) is 6.50. The fraction of sp³-hybridized carbons (Fsp3) is 0.684. The Balaban J connectivity index is 2.61. The molecule has 7 nitrogen and oxygen atoms in total. The highest BCUT2D eigenvalue weighted by molar-refractivity contribution is 7.94. The Kier molecular flexibility index (Phi) is 16.0. The molecule has 1 rings (SSSR count). The highest BCUT2D eigenvalue weighted by Crippen LogP contribution is 2.50. The zero-order valence-corrected chi connectivity index (χ0v) is 21.8. The maximum absolute atomic E-state index is 13.0. The van der Waals surface area contributed by atoms with Gasteiger partial charge in [0.1, 0.15) is 6.29 Å². The highest BCUT2D eigenvalue weighted by atomic mass is 32.2. The molecule has 30 heavy (non-hydrogen) atoms. The number of benzene rings is 1. The monoisotopic (exact) mass is 499 g/mol. The third-order valence-corrected chi connectivity index (χ3v) is 8.40. The summed E-state index contributed by atoms with van der Waals surface area (Å²) in [6.45, 7) is 10.5. The van der Waals surface area contributed by atoms with Crippen molar-refractivity contribution in [1.82, 2.24) is 4.90 Å². The van der Waals surface area contributed by atoms with Gasteiger partial charge in [-0.2, -0.15) is 0 Å². The lowest BCUT2D eigenvalue weighted by molar-refractivity contribution is 0.193. The van der Waals surface area contributed by atoms with Crippen LogP contribution in [-0.4, -0.2) is 57.1 Å². The molecule has 0 amide bonds. The molecule has 0 aliphatic carbocycles. The van der Waals surface area contributed by atoms with E-state index in [-0.39, 0.29) is 6.29 Å². The van der Waals surface area contributed by atoms with Crippen molar-refractivity contribution in [3.05, 3.63) is 24.3 Å². The first-order valence-electron chi connectivity index (χ1n) is 10.2. The Hall–Kier alpha value is 0.340. The van der Waals surface area contributed by atoms with Crippen molar-refractivity contribution < 1.29 is 26.8 Å². The smallest absolute Gasteiger partial charge is 0.333 e. The summed E-state index contributed by atoms with van der Waals surface area (Å²) in [5, 5.41) is 0. The first-order chi connectivity index (χ1) is 14.5. The number of hydrogen-bond acceptors (Lipinski definition) is 9. The van der Waals surface area contributed by atoms with Crippen LogP contribution in [0.2, 0.25) is 0 Å². The molecule has 0 unspecified atom stereocenters. The first kappa shape index (κ1) is 28.4. The lowest BCUT2D eigenvalue weighted by Crippen LogP contribution is -2.29. The van der Waals surface area contributed by atoms with Gasteiger partial charge in [-0.05, 0) is 58.4 Å². The van der Waals surface area contributed by atoms with Gasteiger partial charge >= 0.3 is 7.60 Å². The van der Waals surface area contributed by atoms with Gasteiger partial charge in [-0.15, -0.1) is 12.6 Å². The second-order valence-electron chi connectivity index (χ2n) is 6.04. The second-order valence-corrected chi connectivity index (χ2v) is 10.9. The van der Waals surface area contributed by atoms with E-state index in [1.165, 1.54) is 12.0 Å². The van der Waals surface area contributed by atoms with Gasteiger partial charge in [0.2, 0.25) is 0 Å². The number of rotatable bonds is 18. The molecule has 0 radical (unpaired) electrons. The summed E-state index contributed by atoms with van der Waals surface area (Å²) in [6, 6.07) is 7.80. The molecule has 174 valence electrons. The van der Waals surface area contributed by atoms with Gasteiger partial charge in [0.15, 0.2) is 8.38 Å². The molecule has 0 aliphatic heterocycles. The average molecular weight is 500 g/mol. The van der Waals surface area contributed by atoms with Gasteiger partial charge in [0.25, 0.3) is 0 Å². The van der Waals surface area contributed by atoms with Gasteiger partial charge in [-0.1, -0.05) is 0 Å². The van der Waals surface area contributed by atoms with Crippen LogP contribution in [0.3, 0.4) is 0 Å². The normalized spacial score (nSPS) is 12.2. The molecule has 11 heteroatoms. The molecule has 0 aromatic heterocycles. The van der Waals surface area contributed by atoms with Gasteiger partial charge < -0.3 is 22.3 Å². The zero-order chi connectivity index (χ0) is 22.2. The molecular formula is C19H35NO6P2S2. The maximum atomic E-state index is 13.0. The molecule has 0 spiro atoms. The van der Waals surface area contributed by atoms with Crippen LogP contribution in [0.5, 0.6) is 0 Å². The summed E-state index contributed by atoms with van der Waals surface area (Å²) in [5.74, 6) is 0. The van der Waals surface area contributed by atoms with Crippen molar-refractivity contribution in [2.45, 2.75) is 43.9 Å². The Morgan fingerprint density at radius 2 is 1.60 bits per heavy atom. The van der Waals surface area contributed by atoms with Gasteiger partial charge in [-0.3, -0.25) is 9.46 Å². The standard InChI is InChI=1S/C19H35NO6P2S2/c1-5-22-27(23-6-2)16-20(17-28(21,24-7-3)25-8-4)14-9-15-26-30-19-12-10-18(29)11-13-19/h10-13,29H,5-9,14-17H2,1-4H3. The van der Waals surface area contributed by atoms with Crippen molar-refractivity contribution in [2.75, 3.05) is 52.2 Å². The minimum atomic E-state index is -3.21. The van der Waals surface area contributed by atoms with E-state index >= 15 is 0 Å². The molecule has 0 aliphatic rings. The number of nitrogens with zero attached hydrogens (tertiary/aromatic N) is 1. The molecule has 0 saturated carbocycles. The fourth-order valence-electron chi connectivity index (χ4n) is 2.47. The Labute approximate surface area is 192 Å². The van der Waals surface area contributed by atoms with E-state index in [1.807, 2.05) is 56.9 Å². The van der Waals surface area contributed by atoms with Crippen molar-refractivity contribution >= 4 is 40.6 Å².